The number of fused-ring (bicyclic) bond motifs is 2. The minimum absolute atomic E-state index is 0.127. The number of rotatable bonds is 7. The molecule has 3 aliphatic rings. The molecule has 1 N–H and O–H groups in total. The van der Waals surface area contributed by atoms with Crippen LogP contribution in [0.2, 0.25) is 10.0 Å². The van der Waals surface area contributed by atoms with Crippen LogP contribution in [0.3, 0.4) is 0 Å². The summed E-state index contributed by atoms with van der Waals surface area (Å²) in [4.78, 5) is 42.1. The van der Waals surface area contributed by atoms with Gasteiger partial charge >= 0.3 is 12.1 Å². The SMILES string of the molecule is CC(C)[C@@H]1CCCC[C@H]1OC(=O)[C@@H]1Cc2cc3c(cc2CN1C(=O)OC(C)(C)C)O[C@@H](c1ccc(OCc2ccc(Cl)c(Cl)c2)cc1)C(=O)N3. The summed E-state index contributed by atoms with van der Waals surface area (Å²) in [6.07, 6.45) is 2.52. The van der Waals surface area contributed by atoms with Crippen molar-refractivity contribution < 1.29 is 33.3 Å². The third-order valence-corrected chi connectivity index (χ3v) is 10.3. The largest absolute Gasteiger partial charge is 0.489 e. The van der Waals surface area contributed by atoms with Gasteiger partial charge in [-0.15, -0.1) is 0 Å². The lowest BCUT2D eigenvalue weighted by molar-refractivity contribution is -0.161. The Kier molecular flexibility index (Phi) is 10.6. The van der Waals surface area contributed by atoms with Crippen LogP contribution in [0.15, 0.2) is 54.6 Å². The van der Waals surface area contributed by atoms with Crippen LogP contribution in [-0.4, -0.2) is 40.6 Å². The Bertz CT molecular complexity index is 1750. The molecule has 4 atom stereocenters. The Balaban J connectivity index is 1.19. The lowest BCUT2D eigenvalue weighted by Gasteiger charge is -2.39. The van der Waals surface area contributed by atoms with E-state index in [1.807, 2.05) is 18.2 Å². The van der Waals surface area contributed by atoms with Gasteiger partial charge in [0.15, 0.2) is 0 Å². The third kappa shape index (κ3) is 8.16. The van der Waals surface area contributed by atoms with Gasteiger partial charge in [0, 0.05) is 12.0 Å². The number of esters is 1. The summed E-state index contributed by atoms with van der Waals surface area (Å²) < 4.78 is 24.1. The smallest absolute Gasteiger partial charge is 0.411 e. The first-order valence-corrected chi connectivity index (χ1v) is 18.0. The van der Waals surface area contributed by atoms with Crippen LogP contribution in [-0.2, 0) is 38.6 Å². The molecule has 0 aromatic heterocycles. The van der Waals surface area contributed by atoms with E-state index in [4.69, 9.17) is 42.1 Å². The first kappa shape index (κ1) is 35.9. The van der Waals surface area contributed by atoms with Gasteiger partial charge in [-0.1, -0.05) is 61.7 Å². The van der Waals surface area contributed by atoms with Gasteiger partial charge in [0.2, 0.25) is 6.10 Å². The van der Waals surface area contributed by atoms with Crippen molar-refractivity contribution in [3.63, 3.8) is 0 Å². The van der Waals surface area contributed by atoms with Crippen LogP contribution in [0, 0.1) is 11.8 Å². The van der Waals surface area contributed by atoms with E-state index in [2.05, 4.69) is 19.2 Å². The molecule has 2 heterocycles. The maximum Gasteiger partial charge on any atom is 0.411 e. The van der Waals surface area contributed by atoms with E-state index in [0.29, 0.717) is 45.3 Å². The summed E-state index contributed by atoms with van der Waals surface area (Å²) in [5, 5.41) is 3.92. The van der Waals surface area contributed by atoms with Crippen LogP contribution in [0.25, 0.3) is 0 Å². The Hall–Kier alpha value is -3.95. The quantitative estimate of drug-likeness (QED) is 0.243. The Labute approximate surface area is 303 Å². The molecule has 0 unspecified atom stereocenters. The van der Waals surface area contributed by atoms with Crippen molar-refractivity contribution in [1.29, 1.82) is 0 Å². The van der Waals surface area contributed by atoms with Crippen molar-refractivity contribution in [2.45, 2.75) is 104 Å². The molecule has 0 radical (unpaired) electrons. The zero-order chi connectivity index (χ0) is 35.7. The summed E-state index contributed by atoms with van der Waals surface area (Å²) in [5.41, 5.74) is 2.91. The predicted octanol–water partition coefficient (Wildman–Crippen LogP) is 9.06. The van der Waals surface area contributed by atoms with Crippen LogP contribution in [0.5, 0.6) is 11.5 Å². The highest BCUT2D eigenvalue weighted by Gasteiger charge is 2.41. The molecule has 50 heavy (non-hydrogen) atoms. The fourth-order valence-electron chi connectivity index (χ4n) is 6.93. The number of nitrogens with zero attached hydrogens (tertiary/aromatic N) is 1. The van der Waals surface area contributed by atoms with Crippen molar-refractivity contribution in [3.8, 4) is 11.5 Å². The van der Waals surface area contributed by atoms with Gasteiger partial charge < -0.3 is 24.3 Å². The fraction of sp³-hybridized carbons (Fsp3) is 0.462. The second-order valence-corrected chi connectivity index (χ2v) is 15.5. The van der Waals surface area contributed by atoms with Crippen LogP contribution in [0.4, 0.5) is 10.5 Å². The van der Waals surface area contributed by atoms with Crippen LogP contribution in [0.1, 0.15) is 88.7 Å². The number of halogens is 2. The van der Waals surface area contributed by atoms with Gasteiger partial charge in [0.25, 0.3) is 5.91 Å². The molecular formula is C39H44Cl2N2O7. The maximum atomic E-state index is 13.8. The van der Waals surface area contributed by atoms with Gasteiger partial charge in [0.1, 0.15) is 35.9 Å². The van der Waals surface area contributed by atoms with Gasteiger partial charge in [-0.05, 0) is 105 Å². The molecule has 3 aromatic carbocycles. The van der Waals surface area contributed by atoms with Crippen molar-refractivity contribution in [2.24, 2.45) is 11.8 Å². The normalized spacial score (nSPS) is 21.8. The van der Waals surface area contributed by atoms with Crippen molar-refractivity contribution in [2.75, 3.05) is 5.32 Å². The number of carbonyl (C=O) groups excluding carboxylic acids is 3. The van der Waals surface area contributed by atoms with E-state index in [1.165, 1.54) is 4.90 Å². The topological polar surface area (TPSA) is 103 Å². The molecule has 3 aromatic rings. The molecular weight excluding hydrogens is 679 g/mol. The number of hydrogen-bond donors (Lipinski definition) is 1. The summed E-state index contributed by atoms with van der Waals surface area (Å²) in [5.74, 6) is 1.00. The molecule has 0 bridgehead atoms. The molecule has 1 saturated carbocycles. The molecule has 0 saturated heterocycles. The fourth-order valence-corrected chi connectivity index (χ4v) is 7.25. The average molecular weight is 724 g/mol. The Morgan fingerprint density at radius 3 is 2.42 bits per heavy atom. The van der Waals surface area contributed by atoms with Gasteiger partial charge in [0.05, 0.1) is 22.3 Å². The van der Waals surface area contributed by atoms with E-state index in [1.54, 1.807) is 57.2 Å². The molecule has 2 aliphatic heterocycles. The summed E-state index contributed by atoms with van der Waals surface area (Å²) in [7, 11) is 0. The lowest BCUT2D eigenvalue weighted by Crippen LogP contribution is -2.52. The number of hydrogen-bond acceptors (Lipinski definition) is 7. The van der Waals surface area contributed by atoms with Gasteiger partial charge in [-0.25, -0.2) is 9.59 Å². The number of amides is 2. The summed E-state index contributed by atoms with van der Waals surface area (Å²) >= 11 is 12.1. The zero-order valence-corrected chi connectivity index (χ0v) is 30.6. The van der Waals surface area contributed by atoms with Crippen molar-refractivity contribution in [1.82, 2.24) is 4.90 Å². The number of carbonyl (C=O) groups is 3. The van der Waals surface area contributed by atoms with Gasteiger partial charge in [-0.2, -0.15) is 0 Å². The monoisotopic (exact) mass is 722 g/mol. The summed E-state index contributed by atoms with van der Waals surface area (Å²) in [6.45, 7) is 10.1. The van der Waals surface area contributed by atoms with Crippen LogP contribution >= 0.6 is 23.2 Å². The predicted molar refractivity (Wildman–Crippen MR) is 192 cm³/mol. The number of ether oxygens (including phenoxy) is 4. The molecule has 1 aliphatic carbocycles. The minimum Gasteiger partial charge on any atom is -0.489 e. The Morgan fingerprint density at radius 2 is 1.72 bits per heavy atom. The first-order valence-electron chi connectivity index (χ1n) is 17.3. The van der Waals surface area contributed by atoms with Crippen LogP contribution < -0.4 is 14.8 Å². The van der Waals surface area contributed by atoms with Crippen molar-refractivity contribution >= 4 is 46.9 Å². The van der Waals surface area contributed by atoms with E-state index in [9.17, 15) is 14.4 Å². The number of benzene rings is 3. The van der Waals surface area contributed by atoms with Gasteiger partial charge in [-0.3, -0.25) is 9.69 Å². The molecule has 11 heteroatoms. The molecule has 0 spiro atoms. The molecule has 6 rings (SSSR count). The number of nitrogens with one attached hydrogen (secondary N) is 1. The van der Waals surface area contributed by atoms with E-state index in [0.717, 1.165) is 42.4 Å². The van der Waals surface area contributed by atoms with E-state index in [-0.39, 0.29) is 30.9 Å². The van der Waals surface area contributed by atoms with E-state index >= 15 is 0 Å². The summed E-state index contributed by atoms with van der Waals surface area (Å²) in [6, 6.07) is 15.3. The second kappa shape index (κ2) is 14.7. The lowest BCUT2D eigenvalue weighted by atomic mass is 9.79. The molecule has 1 fully saturated rings. The zero-order valence-electron chi connectivity index (χ0n) is 29.1. The highest BCUT2D eigenvalue weighted by atomic mass is 35.5. The highest BCUT2D eigenvalue weighted by Crippen LogP contribution is 2.41. The second-order valence-electron chi connectivity index (χ2n) is 14.7. The third-order valence-electron chi connectivity index (χ3n) is 9.52. The Morgan fingerprint density at radius 1 is 0.980 bits per heavy atom. The standard InChI is InChI=1S/C39H44Cl2N2O7/c1-22(2)28-8-6-7-9-33(28)49-37(45)32-18-25-17-31-34(19-26(25)20-43(32)38(46)50-39(3,4)5)48-35(36(44)42-31)24-11-13-27(14-12-24)47-21-23-10-15-29(40)30(41)16-23/h10-17,19,22,28,32-33,35H,6-9,18,20-21H2,1-5H3,(H,42,44)/t28-,32-,33+,35-/m0/s1. The minimum atomic E-state index is -0.901. The number of anilines is 1. The first-order chi connectivity index (χ1) is 23.8. The average Bonchev–Trinajstić information content (AvgIpc) is 3.06. The molecule has 266 valence electrons. The maximum absolute atomic E-state index is 13.8. The molecule has 2 amide bonds. The molecule has 9 nitrogen and oxygen atoms in total. The highest BCUT2D eigenvalue weighted by molar-refractivity contribution is 6.42. The van der Waals surface area contributed by atoms with Crippen molar-refractivity contribution in [3.05, 3.63) is 86.9 Å². The van der Waals surface area contributed by atoms with E-state index < -0.39 is 29.8 Å².